The fourth-order valence-corrected chi connectivity index (χ4v) is 2.42. The van der Waals surface area contributed by atoms with Crippen LogP contribution >= 0.6 is 7.55 Å². The molecule has 0 aliphatic heterocycles. The third-order valence-electron chi connectivity index (χ3n) is 1.74. The van der Waals surface area contributed by atoms with Crippen molar-refractivity contribution in [3.8, 4) is 0 Å². The number of hydrogen-bond acceptors (Lipinski definition) is 1. The predicted octanol–water partition coefficient (Wildman–Crippen LogP) is 2.29. The van der Waals surface area contributed by atoms with Crippen LogP contribution in [0.15, 0.2) is 0 Å². The summed E-state index contributed by atoms with van der Waals surface area (Å²) in [6.45, 7) is 6.61. The van der Waals surface area contributed by atoms with E-state index in [1.165, 1.54) is 12.6 Å². The fourth-order valence-electron chi connectivity index (χ4n) is 1.17. The molecule has 0 aliphatic rings. The molecule has 2 heteroatoms. The Morgan fingerprint density at radius 3 is 2.27 bits per heavy atom. The summed E-state index contributed by atoms with van der Waals surface area (Å²) >= 11 is 0. The largest absolute Gasteiger partial charge is 0.328 e. The van der Waals surface area contributed by atoms with E-state index in [1.54, 1.807) is 0 Å². The van der Waals surface area contributed by atoms with Crippen LogP contribution in [0.5, 0.6) is 0 Å². The molecule has 0 spiro atoms. The maximum atomic E-state index is 5.66. The lowest BCUT2D eigenvalue weighted by atomic mass is 10.0. The molecule has 3 unspecified atom stereocenters. The molecule has 0 saturated heterocycles. The Morgan fingerprint density at radius 2 is 1.91 bits per heavy atom. The molecule has 0 radical (unpaired) electrons. The molecule has 11 heavy (non-hydrogen) atoms. The molecule has 0 saturated carbocycles. The zero-order valence-corrected chi connectivity index (χ0v) is 8.90. The fraction of sp³-hybridized carbons (Fsp3) is 0.889. The van der Waals surface area contributed by atoms with Crippen molar-refractivity contribution in [2.45, 2.75) is 32.7 Å². The zero-order chi connectivity index (χ0) is 8.85. The Hall–Kier alpha value is 0.130. The van der Waals surface area contributed by atoms with E-state index in [-0.39, 0.29) is 7.55 Å². The van der Waals surface area contributed by atoms with Crippen LogP contribution in [0, 0.1) is 5.92 Å². The molecule has 0 fully saturated rings. The van der Waals surface area contributed by atoms with Crippen molar-refractivity contribution >= 4 is 13.8 Å². The molecule has 1 nitrogen and oxygen atoms in total. The first kappa shape index (κ1) is 11.1. The van der Waals surface area contributed by atoms with Crippen molar-refractivity contribution in [3.05, 3.63) is 0 Å². The van der Waals surface area contributed by atoms with Crippen LogP contribution < -0.4 is 5.73 Å². The lowest BCUT2D eigenvalue weighted by molar-refractivity contribution is 0.519. The van der Waals surface area contributed by atoms with Gasteiger partial charge in [0, 0.05) is 6.04 Å². The Kier molecular flexibility index (Phi) is 5.81. The van der Waals surface area contributed by atoms with Crippen molar-refractivity contribution in [3.63, 3.8) is 0 Å². The SMILES string of the molecule is C=[P+](C)CC(C)CCC(C)N. The van der Waals surface area contributed by atoms with Crippen LogP contribution in [0.4, 0.5) is 0 Å². The summed E-state index contributed by atoms with van der Waals surface area (Å²) in [5.41, 5.74) is 5.66. The van der Waals surface area contributed by atoms with E-state index in [9.17, 15) is 0 Å². The lowest BCUT2D eigenvalue weighted by Crippen LogP contribution is -2.16. The van der Waals surface area contributed by atoms with E-state index in [1.807, 2.05) is 0 Å². The Morgan fingerprint density at radius 1 is 1.36 bits per heavy atom. The third kappa shape index (κ3) is 8.03. The monoisotopic (exact) mass is 174 g/mol. The zero-order valence-electron chi connectivity index (χ0n) is 8.01. The molecular weight excluding hydrogens is 153 g/mol. The smallest absolute Gasteiger partial charge is 0.108 e. The van der Waals surface area contributed by atoms with Gasteiger partial charge in [-0.2, -0.15) is 0 Å². The second kappa shape index (κ2) is 5.74. The molecule has 2 N–H and O–H groups in total. The molecule has 0 bridgehead atoms. The maximum absolute atomic E-state index is 5.66. The van der Waals surface area contributed by atoms with Crippen LogP contribution in [-0.4, -0.2) is 25.2 Å². The van der Waals surface area contributed by atoms with E-state index in [2.05, 4.69) is 26.8 Å². The second-order valence-electron chi connectivity index (χ2n) is 3.70. The minimum absolute atomic E-state index is 0.0385. The van der Waals surface area contributed by atoms with Crippen molar-refractivity contribution in [2.75, 3.05) is 12.8 Å². The number of nitrogens with two attached hydrogens (primary N) is 1. The summed E-state index contributed by atoms with van der Waals surface area (Å²) in [5.74, 6) is 0.814. The molecule has 0 aromatic heterocycles. The molecule has 3 atom stereocenters. The number of rotatable bonds is 5. The van der Waals surface area contributed by atoms with Crippen molar-refractivity contribution in [2.24, 2.45) is 11.7 Å². The first-order chi connectivity index (χ1) is 5.02. The highest BCUT2D eigenvalue weighted by Gasteiger charge is 2.08. The van der Waals surface area contributed by atoms with E-state index >= 15 is 0 Å². The van der Waals surface area contributed by atoms with Crippen molar-refractivity contribution in [1.82, 2.24) is 0 Å². The topological polar surface area (TPSA) is 26.0 Å². The summed E-state index contributed by atoms with van der Waals surface area (Å²) in [6.07, 6.45) is 7.75. The van der Waals surface area contributed by atoms with Gasteiger partial charge in [0.15, 0.2) is 0 Å². The van der Waals surface area contributed by atoms with Crippen molar-refractivity contribution < 1.29 is 0 Å². The standard InChI is InChI=1S/C9H21NP/c1-8(7-11(3)4)5-6-9(2)10/h8-9H,3,5-7,10H2,1-2,4H3/q+1. The van der Waals surface area contributed by atoms with Crippen LogP contribution in [-0.2, 0) is 0 Å². The molecule has 66 valence electrons. The Balaban J connectivity index is 3.37. The third-order valence-corrected chi connectivity index (χ3v) is 2.98. The molecular formula is C9H21NP+. The van der Waals surface area contributed by atoms with Gasteiger partial charge in [0.2, 0.25) is 0 Å². The van der Waals surface area contributed by atoms with Crippen LogP contribution in [0.3, 0.4) is 0 Å². The first-order valence-corrected chi connectivity index (χ1v) is 6.45. The van der Waals surface area contributed by atoms with Gasteiger partial charge in [0.1, 0.15) is 6.16 Å². The highest BCUT2D eigenvalue weighted by molar-refractivity contribution is 7.54. The van der Waals surface area contributed by atoms with Gasteiger partial charge in [-0.05, 0) is 25.7 Å². The Labute approximate surface area is 71.8 Å². The van der Waals surface area contributed by atoms with Gasteiger partial charge < -0.3 is 5.73 Å². The average molecular weight is 174 g/mol. The molecule has 0 aliphatic carbocycles. The summed E-state index contributed by atoms with van der Waals surface area (Å²) in [5, 5.41) is 0. The predicted molar refractivity (Wildman–Crippen MR) is 56.9 cm³/mol. The minimum atomic E-state index is 0.0385. The van der Waals surface area contributed by atoms with Gasteiger partial charge in [-0.3, -0.25) is 0 Å². The molecule has 0 amide bonds. The van der Waals surface area contributed by atoms with E-state index in [4.69, 9.17) is 5.73 Å². The van der Waals surface area contributed by atoms with Crippen LogP contribution in [0.2, 0.25) is 0 Å². The summed E-state index contributed by atoms with van der Waals surface area (Å²) in [7, 11) is 0.0385. The van der Waals surface area contributed by atoms with Gasteiger partial charge >= 0.3 is 0 Å². The van der Waals surface area contributed by atoms with Gasteiger partial charge in [-0.15, -0.1) is 0 Å². The van der Waals surface area contributed by atoms with Gasteiger partial charge in [-0.25, -0.2) is 0 Å². The van der Waals surface area contributed by atoms with E-state index in [0.29, 0.717) is 6.04 Å². The van der Waals surface area contributed by atoms with Crippen LogP contribution in [0.1, 0.15) is 26.7 Å². The molecule has 0 aromatic rings. The Bertz CT molecular complexity index is 121. The van der Waals surface area contributed by atoms with Gasteiger partial charge in [0.25, 0.3) is 0 Å². The lowest BCUT2D eigenvalue weighted by Gasteiger charge is -2.08. The van der Waals surface area contributed by atoms with Gasteiger partial charge in [0.05, 0.1) is 20.5 Å². The molecule has 0 rings (SSSR count). The normalized spacial score (nSPS) is 17.6. The van der Waals surface area contributed by atoms with Crippen molar-refractivity contribution in [1.29, 1.82) is 0 Å². The maximum Gasteiger partial charge on any atom is 0.108 e. The quantitative estimate of drug-likeness (QED) is 0.636. The molecule has 0 heterocycles. The summed E-state index contributed by atoms with van der Waals surface area (Å²) < 4.78 is 0. The minimum Gasteiger partial charge on any atom is -0.328 e. The van der Waals surface area contributed by atoms with Gasteiger partial charge in [-0.1, -0.05) is 6.92 Å². The highest BCUT2D eigenvalue weighted by Crippen LogP contribution is 2.21. The summed E-state index contributed by atoms with van der Waals surface area (Å²) in [6, 6.07) is 0.366. The van der Waals surface area contributed by atoms with E-state index in [0.717, 1.165) is 12.3 Å². The summed E-state index contributed by atoms with van der Waals surface area (Å²) in [4.78, 5) is 0. The molecule has 0 aromatic carbocycles. The van der Waals surface area contributed by atoms with Crippen LogP contribution in [0.25, 0.3) is 0 Å². The highest BCUT2D eigenvalue weighted by atomic mass is 31.1. The first-order valence-electron chi connectivity index (χ1n) is 4.29. The second-order valence-corrected chi connectivity index (χ2v) is 5.78. The van der Waals surface area contributed by atoms with E-state index < -0.39 is 0 Å². The average Bonchev–Trinajstić information content (AvgIpc) is 1.82. The number of hydrogen-bond donors (Lipinski definition) is 1.